The molecule has 1 amide bonds. The van der Waals surface area contributed by atoms with Crippen LogP contribution in [0.5, 0.6) is 0 Å². The van der Waals surface area contributed by atoms with Gasteiger partial charge in [-0.2, -0.15) is 11.3 Å². The average molecular weight is 295 g/mol. The summed E-state index contributed by atoms with van der Waals surface area (Å²) in [5.74, 6) is 0.184. The van der Waals surface area contributed by atoms with Gasteiger partial charge >= 0.3 is 0 Å². The van der Waals surface area contributed by atoms with Crippen LogP contribution in [-0.2, 0) is 11.3 Å². The molecule has 0 spiro atoms. The van der Waals surface area contributed by atoms with Gasteiger partial charge in [-0.3, -0.25) is 9.69 Å². The van der Waals surface area contributed by atoms with Crippen molar-refractivity contribution < 1.29 is 4.79 Å². The normalized spacial score (nSPS) is 23.8. The number of likely N-dealkylation sites (tertiary alicyclic amines) is 1. The molecule has 1 aliphatic heterocycles. The van der Waals surface area contributed by atoms with E-state index in [2.05, 4.69) is 23.3 Å². The standard InChI is InChI=1S/C15H25N3OS/c1-12-4-3-5-14(8-16)18(12)10-15(19)17(2)9-13-6-7-20-11-13/h6-7,11-12,14H,3-5,8-10,16H2,1-2H3. The molecular formula is C15H25N3OS. The summed E-state index contributed by atoms with van der Waals surface area (Å²) in [5, 5.41) is 4.14. The first-order valence-electron chi connectivity index (χ1n) is 7.32. The van der Waals surface area contributed by atoms with Crippen molar-refractivity contribution in [3.8, 4) is 0 Å². The van der Waals surface area contributed by atoms with Crippen LogP contribution in [0, 0.1) is 0 Å². The molecular weight excluding hydrogens is 270 g/mol. The number of nitrogens with zero attached hydrogens (tertiary/aromatic N) is 2. The minimum atomic E-state index is 0.184. The molecule has 1 aromatic heterocycles. The highest BCUT2D eigenvalue weighted by molar-refractivity contribution is 7.07. The van der Waals surface area contributed by atoms with Crippen LogP contribution in [0.3, 0.4) is 0 Å². The van der Waals surface area contributed by atoms with Gasteiger partial charge in [0.05, 0.1) is 6.54 Å². The second kappa shape index (κ2) is 7.20. The van der Waals surface area contributed by atoms with Crippen molar-refractivity contribution in [3.63, 3.8) is 0 Å². The maximum absolute atomic E-state index is 12.4. The molecule has 4 nitrogen and oxygen atoms in total. The Balaban J connectivity index is 1.91. The SMILES string of the molecule is CC1CCCC(CN)N1CC(=O)N(C)Cc1ccsc1. The van der Waals surface area contributed by atoms with Gasteiger partial charge in [-0.25, -0.2) is 0 Å². The van der Waals surface area contributed by atoms with Gasteiger partial charge in [-0.1, -0.05) is 6.42 Å². The molecule has 0 aliphatic carbocycles. The first-order chi connectivity index (χ1) is 9.61. The molecule has 1 saturated heterocycles. The lowest BCUT2D eigenvalue weighted by Gasteiger charge is -2.40. The molecule has 112 valence electrons. The first-order valence-corrected chi connectivity index (χ1v) is 8.27. The number of likely N-dealkylation sites (N-methyl/N-ethyl adjacent to an activating group) is 1. The quantitative estimate of drug-likeness (QED) is 0.903. The number of nitrogens with two attached hydrogens (primary N) is 1. The summed E-state index contributed by atoms with van der Waals surface area (Å²) in [6.45, 7) is 4.03. The fourth-order valence-corrected chi connectivity index (χ4v) is 3.56. The lowest BCUT2D eigenvalue weighted by molar-refractivity contribution is -0.133. The molecule has 2 heterocycles. The Morgan fingerprint density at radius 2 is 2.35 bits per heavy atom. The maximum atomic E-state index is 12.4. The van der Waals surface area contributed by atoms with Gasteiger partial charge in [0.25, 0.3) is 0 Å². The second-order valence-electron chi connectivity index (χ2n) is 5.72. The van der Waals surface area contributed by atoms with Crippen molar-refractivity contribution in [1.29, 1.82) is 0 Å². The van der Waals surface area contributed by atoms with E-state index in [0.29, 0.717) is 31.7 Å². The average Bonchev–Trinajstić information content (AvgIpc) is 2.93. The van der Waals surface area contributed by atoms with Gasteiger partial charge in [0.15, 0.2) is 0 Å². The summed E-state index contributed by atoms with van der Waals surface area (Å²) in [4.78, 5) is 16.5. The summed E-state index contributed by atoms with van der Waals surface area (Å²) in [7, 11) is 1.88. The third-order valence-corrected chi connectivity index (χ3v) is 4.94. The molecule has 2 rings (SSSR count). The van der Waals surface area contributed by atoms with E-state index >= 15 is 0 Å². The van der Waals surface area contributed by atoms with E-state index < -0.39 is 0 Å². The molecule has 2 atom stereocenters. The monoisotopic (exact) mass is 295 g/mol. The van der Waals surface area contributed by atoms with E-state index in [0.717, 1.165) is 12.8 Å². The van der Waals surface area contributed by atoms with Crippen LogP contribution in [0.4, 0.5) is 0 Å². The molecule has 5 heteroatoms. The zero-order valence-corrected chi connectivity index (χ0v) is 13.2. The van der Waals surface area contributed by atoms with E-state index in [4.69, 9.17) is 5.73 Å². The molecule has 0 radical (unpaired) electrons. The van der Waals surface area contributed by atoms with Gasteiger partial charge in [-0.05, 0) is 42.2 Å². The second-order valence-corrected chi connectivity index (χ2v) is 6.50. The number of thiophene rings is 1. The number of hydrogen-bond donors (Lipinski definition) is 1. The Hall–Kier alpha value is -0.910. The number of hydrogen-bond acceptors (Lipinski definition) is 4. The largest absolute Gasteiger partial charge is 0.340 e. The Labute approximate surface area is 125 Å². The zero-order valence-electron chi connectivity index (χ0n) is 12.4. The van der Waals surface area contributed by atoms with Gasteiger partial charge in [0.1, 0.15) is 0 Å². The number of carbonyl (C=O) groups is 1. The Kier molecular flexibility index (Phi) is 5.57. The van der Waals surface area contributed by atoms with Crippen molar-refractivity contribution in [2.75, 3.05) is 20.1 Å². The highest BCUT2D eigenvalue weighted by atomic mass is 32.1. The predicted molar refractivity (Wildman–Crippen MR) is 83.7 cm³/mol. The minimum absolute atomic E-state index is 0.184. The van der Waals surface area contributed by atoms with E-state index in [-0.39, 0.29) is 5.91 Å². The van der Waals surface area contributed by atoms with E-state index in [1.807, 2.05) is 17.3 Å². The fourth-order valence-electron chi connectivity index (χ4n) is 2.90. The summed E-state index contributed by atoms with van der Waals surface area (Å²) >= 11 is 1.67. The van der Waals surface area contributed by atoms with Gasteiger partial charge in [0.2, 0.25) is 5.91 Å². The number of piperidine rings is 1. The number of amides is 1. The molecule has 1 aliphatic rings. The third kappa shape index (κ3) is 3.81. The minimum Gasteiger partial charge on any atom is -0.340 e. The van der Waals surface area contributed by atoms with Crippen molar-refractivity contribution in [2.45, 2.75) is 44.8 Å². The predicted octanol–water partition coefficient (Wildman–Crippen LogP) is 1.91. The van der Waals surface area contributed by atoms with Crippen LogP contribution in [0.15, 0.2) is 16.8 Å². The first kappa shape index (κ1) is 15.5. The van der Waals surface area contributed by atoms with Crippen LogP contribution >= 0.6 is 11.3 Å². The highest BCUT2D eigenvalue weighted by Gasteiger charge is 2.29. The van der Waals surface area contributed by atoms with Crippen LogP contribution in [0.1, 0.15) is 31.7 Å². The fraction of sp³-hybridized carbons (Fsp3) is 0.667. The molecule has 1 fully saturated rings. The lowest BCUT2D eigenvalue weighted by Crippen LogP contribution is -2.52. The van der Waals surface area contributed by atoms with Crippen LogP contribution in [-0.4, -0.2) is 47.9 Å². The molecule has 2 unspecified atom stereocenters. The third-order valence-electron chi connectivity index (χ3n) is 4.21. The van der Waals surface area contributed by atoms with Crippen LogP contribution in [0.2, 0.25) is 0 Å². The summed E-state index contributed by atoms with van der Waals surface area (Å²) in [6.07, 6.45) is 3.50. The highest BCUT2D eigenvalue weighted by Crippen LogP contribution is 2.22. The van der Waals surface area contributed by atoms with Crippen LogP contribution in [0.25, 0.3) is 0 Å². The van der Waals surface area contributed by atoms with Gasteiger partial charge in [-0.15, -0.1) is 0 Å². The zero-order chi connectivity index (χ0) is 14.5. The molecule has 20 heavy (non-hydrogen) atoms. The van der Waals surface area contributed by atoms with Crippen molar-refractivity contribution in [1.82, 2.24) is 9.80 Å². The topological polar surface area (TPSA) is 49.6 Å². The summed E-state index contributed by atoms with van der Waals surface area (Å²) in [6, 6.07) is 2.88. The molecule has 1 aromatic rings. The molecule has 0 bridgehead atoms. The molecule has 2 N–H and O–H groups in total. The number of rotatable bonds is 5. The molecule has 0 saturated carbocycles. The van der Waals surface area contributed by atoms with Gasteiger partial charge < -0.3 is 10.6 Å². The van der Waals surface area contributed by atoms with Crippen molar-refractivity contribution in [3.05, 3.63) is 22.4 Å². The Morgan fingerprint density at radius 1 is 1.55 bits per heavy atom. The van der Waals surface area contributed by atoms with Crippen LogP contribution < -0.4 is 5.73 Å². The Bertz CT molecular complexity index is 421. The van der Waals surface area contributed by atoms with E-state index in [9.17, 15) is 4.79 Å². The Morgan fingerprint density at radius 3 is 3.00 bits per heavy atom. The number of carbonyl (C=O) groups excluding carboxylic acids is 1. The molecule has 0 aromatic carbocycles. The van der Waals surface area contributed by atoms with E-state index in [1.165, 1.54) is 12.0 Å². The maximum Gasteiger partial charge on any atom is 0.236 e. The summed E-state index contributed by atoms with van der Waals surface area (Å²) < 4.78 is 0. The van der Waals surface area contributed by atoms with Crippen molar-refractivity contribution in [2.24, 2.45) is 5.73 Å². The summed E-state index contributed by atoms with van der Waals surface area (Å²) in [5.41, 5.74) is 7.05. The lowest BCUT2D eigenvalue weighted by atomic mass is 9.96. The smallest absolute Gasteiger partial charge is 0.236 e. The van der Waals surface area contributed by atoms with E-state index in [1.54, 1.807) is 11.3 Å². The van der Waals surface area contributed by atoms with Crippen molar-refractivity contribution >= 4 is 17.2 Å². The van der Waals surface area contributed by atoms with Gasteiger partial charge in [0, 0.05) is 32.2 Å².